The standard InChI is InChI=1S/C23H30N2O2.ClH/c1-25(2)16-14-22-11-4-5-12-23(22,26)13-10-18-8-9-19(17-20(18)22)27-21-7-3-6-15-24-21;/h3,6-9,15,17,26H,4-5,10-14,16H2,1-2H3;1H/t22-,23+;/m1./s1. The third-order valence-electron chi connectivity index (χ3n) is 6.59. The van der Waals surface area contributed by atoms with Crippen molar-refractivity contribution in [2.24, 2.45) is 0 Å². The van der Waals surface area contributed by atoms with E-state index in [4.69, 9.17) is 4.74 Å². The van der Waals surface area contributed by atoms with Gasteiger partial charge in [-0.15, -0.1) is 12.4 Å². The minimum Gasteiger partial charge on any atom is -0.439 e. The first-order chi connectivity index (χ1) is 13.0. The first kappa shape index (κ1) is 21.1. The average molecular weight is 403 g/mol. The normalized spacial score (nSPS) is 26.1. The molecule has 0 saturated heterocycles. The zero-order chi connectivity index (χ0) is 18.9. The van der Waals surface area contributed by atoms with E-state index in [0.29, 0.717) is 5.88 Å². The molecule has 2 atom stereocenters. The molecule has 2 aliphatic rings. The Balaban J connectivity index is 0.00000225. The van der Waals surface area contributed by atoms with Crippen molar-refractivity contribution in [1.82, 2.24) is 9.88 Å². The van der Waals surface area contributed by atoms with E-state index in [0.717, 1.165) is 50.8 Å². The zero-order valence-corrected chi connectivity index (χ0v) is 17.7. The van der Waals surface area contributed by atoms with Crippen molar-refractivity contribution in [2.45, 2.75) is 56.0 Å². The minimum absolute atomic E-state index is 0. The van der Waals surface area contributed by atoms with Crippen LogP contribution in [0.1, 0.15) is 49.7 Å². The summed E-state index contributed by atoms with van der Waals surface area (Å²) in [6, 6.07) is 12.1. The van der Waals surface area contributed by atoms with Crippen LogP contribution in [-0.2, 0) is 11.8 Å². The van der Waals surface area contributed by atoms with Gasteiger partial charge in [-0.05, 0) is 82.1 Å². The Hall–Kier alpha value is -1.62. The van der Waals surface area contributed by atoms with Gasteiger partial charge >= 0.3 is 0 Å². The molecule has 4 rings (SSSR count). The van der Waals surface area contributed by atoms with Crippen LogP contribution in [0.15, 0.2) is 42.6 Å². The molecule has 4 nitrogen and oxygen atoms in total. The highest BCUT2D eigenvalue weighted by molar-refractivity contribution is 5.85. The zero-order valence-electron chi connectivity index (χ0n) is 16.9. The Morgan fingerprint density at radius 2 is 1.93 bits per heavy atom. The maximum atomic E-state index is 11.7. The summed E-state index contributed by atoms with van der Waals surface area (Å²) in [5, 5.41) is 11.7. The summed E-state index contributed by atoms with van der Waals surface area (Å²) < 4.78 is 6.02. The van der Waals surface area contributed by atoms with Crippen LogP contribution in [0.5, 0.6) is 11.6 Å². The maximum absolute atomic E-state index is 11.7. The van der Waals surface area contributed by atoms with Crippen LogP contribution >= 0.6 is 12.4 Å². The van der Waals surface area contributed by atoms with Gasteiger partial charge in [-0.2, -0.15) is 0 Å². The molecule has 0 bridgehead atoms. The van der Waals surface area contributed by atoms with E-state index in [1.807, 2.05) is 24.3 Å². The molecule has 0 amide bonds. The van der Waals surface area contributed by atoms with Crippen LogP contribution in [0.4, 0.5) is 0 Å². The summed E-state index contributed by atoms with van der Waals surface area (Å²) in [6.45, 7) is 0.979. The molecule has 1 fully saturated rings. The summed E-state index contributed by atoms with van der Waals surface area (Å²) in [4.78, 5) is 6.51. The van der Waals surface area contributed by atoms with E-state index in [2.05, 4.69) is 36.1 Å². The number of fused-ring (bicyclic) bond motifs is 3. The summed E-state index contributed by atoms with van der Waals surface area (Å²) in [7, 11) is 4.23. The number of aromatic nitrogens is 1. The number of benzene rings is 1. The molecule has 1 aromatic heterocycles. The van der Waals surface area contributed by atoms with Gasteiger partial charge in [-0.1, -0.05) is 25.0 Å². The van der Waals surface area contributed by atoms with E-state index in [-0.39, 0.29) is 17.8 Å². The van der Waals surface area contributed by atoms with Crippen molar-refractivity contribution in [1.29, 1.82) is 0 Å². The lowest BCUT2D eigenvalue weighted by molar-refractivity contribution is -0.0887. The summed E-state index contributed by atoms with van der Waals surface area (Å²) in [5.41, 5.74) is 1.89. The number of aliphatic hydroxyl groups is 1. The molecule has 0 unspecified atom stereocenters. The maximum Gasteiger partial charge on any atom is 0.219 e. The molecule has 28 heavy (non-hydrogen) atoms. The van der Waals surface area contributed by atoms with Crippen molar-refractivity contribution in [2.75, 3.05) is 20.6 Å². The highest BCUT2D eigenvalue weighted by Crippen LogP contribution is 2.55. The van der Waals surface area contributed by atoms with Gasteiger partial charge < -0.3 is 14.7 Å². The monoisotopic (exact) mass is 402 g/mol. The topological polar surface area (TPSA) is 45.6 Å². The highest BCUT2D eigenvalue weighted by Gasteiger charge is 2.54. The second kappa shape index (κ2) is 8.40. The molecule has 1 aromatic carbocycles. The summed E-state index contributed by atoms with van der Waals surface area (Å²) in [6.07, 6.45) is 8.80. The van der Waals surface area contributed by atoms with Gasteiger partial charge in [0, 0.05) is 17.7 Å². The lowest BCUT2D eigenvalue weighted by Gasteiger charge is -2.55. The Labute approximate surface area is 174 Å². The molecule has 1 saturated carbocycles. The fourth-order valence-electron chi connectivity index (χ4n) is 5.12. The molecule has 0 radical (unpaired) electrons. The largest absolute Gasteiger partial charge is 0.439 e. The molecule has 152 valence electrons. The van der Waals surface area contributed by atoms with Crippen LogP contribution in [-0.4, -0.2) is 41.2 Å². The van der Waals surface area contributed by atoms with Gasteiger partial charge in [0.25, 0.3) is 0 Å². The van der Waals surface area contributed by atoms with Gasteiger partial charge in [0.1, 0.15) is 5.75 Å². The van der Waals surface area contributed by atoms with Crippen LogP contribution < -0.4 is 4.74 Å². The quantitative estimate of drug-likeness (QED) is 0.784. The Bertz CT molecular complexity index is 798. The smallest absolute Gasteiger partial charge is 0.219 e. The van der Waals surface area contributed by atoms with Gasteiger partial charge in [-0.3, -0.25) is 0 Å². The first-order valence-corrected chi connectivity index (χ1v) is 10.1. The number of nitrogens with zero attached hydrogens (tertiary/aromatic N) is 2. The van der Waals surface area contributed by atoms with Crippen LogP contribution in [0.2, 0.25) is 0 Å². The Morgan fingerprint density at radius 3 is 2.68 bits per heavy atom. The minimum atomic E-state index is -0.599. The lowest BCUT2D eigenvalue weighted by Crippen LogP contribution is -2.57. The van der Waals surface area contributed by atoms with Crippen molar-refractivity contribution in [3.8, 4) is 11.6 Å². The number of halogens is 1. The molecule has 2 aliphatic carbocycles. The lowest BCUT2D eigenvalue weighted by atomic mass is 9.53. The second-order valence-electron chi connectivity index (χ2n) is 8.46. The van der Waals surface area contributed by atoms with Crippen LogP contribution in [0, 0.1) is 0 Å². The Morgan fingerprint density at radius 1 is 1.11 bits per heavy atom. The molecular weight excluding hydrogens is 372 g/mol. The first-order valence-electron chi connectivity index (χ1n) is 10.1. The molecule has 2 aromatic rings. The molecule has 1 N–H and O–H groups in total. The number of hydrogen-bond acceptors (Lipinski definition) is 4. The van der Waals surface area contributed by atoms with Crippen molar-refractivity contribution in [3.63, 3.8) is 0 Å². The number of hydrogen-bond donors (Lipinski definition) is 1. The van der Waals surface area contributed by atoms with E-state index in [1.54, 1.807) is 6.20 Å². The number of pyridine rings is 1. The third-order valence-corrected chi connectivity index (χ3v) is 6.59. The van der Waals surface area contributed by atoms with Gasteiger partial charge in [0.2, 0.25) is 5.88 Å². The van der Waals surface area contributed by atoms with E-state index >= 15 is 0 Å². The predicted molar refractivity (Wildman–Crippen MR) is 115 cm³/mol. The van der Waals surface area contributed by atoms with E-state index in [9.17, 15) is 5.11 Å². The van der Waals surface area contributed by atoms with Crippen LogP contribution in [0.25, 0.3) is 0 Å². The van der Waals surface area contributed by atoms with Crippen molar-refractivity contribution < 1.29 is 9.84 Å². The van der Waals surface area contributed by atoms with Crippen molar-refractivity contribution in [3.05, 3.63) is 53.7 Å². The molecular formula is C23H31ClN2O2. The third kappa shape index (κ3) is 3.78. The predicted octanol–water partition coefficient (Wildman–Crippen LogP) is 4.74. The molecule has 5 heteroatoms. The summed E-state index contributed by atoms with van der Waals surface area (Å²) >= 11 is 0. The summed E-state index contributed by atoms with van der Waals surface area (Å²) in [5.74, 6) is 1.42. The second-order valence-corrected chi connectivity index (χ2v) is 8.46. The number of ether oxygens (including phenoxy) is 1. The fraction of sp³-hybridized carbons (Fsp3) is 0.522. The molecule has 1 heterocycles. The van der Waals surface area contributed by atoms with Crippen LogP contribution in [0.3, 0.4) is 0 Å². The fourth-order valence-corrected chi connectivity index (χ4v) is 5.12. The highest BCUT2D eigenvalue weighted by atomic mass is 35.5. The molecule has 0 aliphatic heterocycles. The van der Waals surface area contributed by atoms with Crippen molar-refractivity contribution >= 4 is 12.4 Å². The Kier molecular flexibility index (Phi) is 6.33. The van der Waals surface area contributed by atoms with Gasteiger partial charge in [0.05, 0.1) is 5.60 Å². The van der Waals surface area contributed by atoms with Gasteiger partial charge in [-0.25, -0.2) is 4.98 Å². The van der Waals surface area contributed by atoms with Gasteiger partial charge in [0.15, 0.2) is 0 Å². The SMILES string of the molecule is CN(C)CC[C@@]12CCCC[C@]1(O)CCc1ccc(Oc3ccccn3)cc12.Cl. The van der Waals surface area contributed by atoms with E-state index < -0.39 is 5.60 Å². The number of aryl methyl sites for hydroxylation is 1. The molecule has 0 spiro atoms. The average Bonchev–Trinajstić information content (AvgIpc) is 2.67. The number of rotatable bonds is 5. The van der Waals surface area contributed by atoms with E-state index in [1.165, 1.54) is 17.5 Å².